The summed E-state index contributed by atoms with van der Waals surface area (Å²) in [5.41, 5.74) is 0.456. The molecule has 2 aromatic rings. The molecule has 0 saturated heterocycles. The summed E-state index contributed by atoms with van der Waals surface area (Å²) in [6.07, 6.45) is 8.67. The number of unbranched alkanes of at least 4 members (excludes halogenated alkanes) is 6. The number of ether oxygens (including phenoxy) is 1. The van der Waals surface area contributed by atoms with Gasteiger partial charge in [-0.3, -0.25) is 9.59 Å². The fourth-order valence-corrected chi connectivity index (χ4v) is 2.94. The van der Waals surface area contributed by atoms with Gasteiger partial charge in [-0.05, 0) is 53.1 Å². The molecule has 0 N–H and O–H groups in total. The second kappa shape index (κ2) is 10.2. The van der Waals surface area contributed by atoms with Crippen molar-refractivity contribution >= 4 is 33.6 Å². The molecule has 0 fully saturated rings. The van der Waals surface area contributed by atoms with Crippen LogP contribution in [-0.2, 0) is 4.79 Å². The predicted molar refractivity (Wildman–Crippen MR) is 102 cm³/mol. The number of rotatable bonds is 10. The topological polar surface area (TPSA) is 43.4 Å². The van der Waals surface area contributed by atoms with Crippen LogP contribution in [0.15, 0.2) is 36.4 Å². The zero-order valence-corrected chi connectivity index (χ0v) is 15.5. The van der Waals surface area contributed by atoms with Gasteiger partial charge in [-0.15, -0.1) is 0 Å². The summed E-state index contributed by atoms with van der Waals surface area (Å²) in [6, 6.07) is 10.6. The molecule has 2 aromatic carbocycles. The quantitative estimate of drug-likeness (QED) is 0.217. The van der Waals surface area contributed by atoms with E-state index in [4.69, 9.17) is 16.3 Å². The Morgan fingerprint density at radius 3 is 2.24 bits per heavy atom. The van der Waals surface area contributed by atoms with Crippen LogP contribution in [0.25, 0.3) is 10.8 Å². The van der Waals surface area contributed by atoms with Crippen LogP contribution in [-0.4, -0.2) is 11.2 Å². The smallest absolute Gasteiger partial charge is 0.311 e. The summed E-state index contributed by atoms with van der Waals surface area (Å²) in [5, 5.41) is 1.31. The zero-order valence-electron chi connectivity index (χ0n) is 14.7. The first-order valence-electron chi connectivity index (χ1n) is 9.04. The highest BCUT2D eigenvalue weighted by molar-refractivity contribution is 6.67. The summed E-state index contributed by atoms with van der Waals surface area (Å²) in [6.45, 7) is 2.21. The van der Waals surface area contributed by atoms with Crippen molar-refractivity contribution in [1.29, 1.82) is 0 Å². The summed E-state index contributed by atoms with van der Waals surface area (Å²) in [7, 11) is 0. The first kappa shape index (κ1) is 19.5. The van der Waals surface area contributed by atoms with Gasteiger partial charge < -0.3 is 4.74 Å². The number of benzene rings is 2. The van der Waals surface area contributed by atoms with Crippen LogP contribution >= 0.6 is 11.6 Å². The van der Waals surface area contributed by atoms with Gasteiger partial charge in [0.05, 0.1) is 0 Å². The van der Waals surface area contributed by atoms with E-state index in [-0.39, 0.29) is 5.97 Å². The van der Waals surface area contributed by atoms with E-state index < -0.39 is 5.24 Å². The minimum Gasteiger partial charge on any atom is -0.427 e. The van der Waals surface area contributed by atoms with Crippen LogP contribution in [0.4, 0.5) is 0 Å². The molecular weight excluding hydrogens is 336 g/mol. The second-order valence-electron chi connectivity index (χ2n) is 6.34. The van der Waals surface area contributed by atoms with Crippen molar-refractivity contribution in [3.63, 3.8) is 0 Å². The summed E-state index contributed by atoms with van der Waals surface area (Å²) in [4.78, 5) is 23.1. The number of carbonyl (C=O) groups is 2. The lowest BCUT2D eigenvalue weighted by molar-refractivity contribution is -0.134. The Bertz CT molecular complexity index is 724. The Balaban J connectivity index is 1.80. The molecule has 0 aliphatic rings. The van der Waals surface area contributed by atoms with Gasteiger partial charge in [0.1, 0.15) is 5.75 Å². The number of hydrogen-bond donors (Lipinski definition) is 0. The van der Waals surface area contributed by atoms with E-state index in [1.807, 2.05) is 6.07 Å². The predicted octanol–water partition coefficient (Wildman–Crippen LogP) is 6.26. The molecule has 0 amide bonds. The Kier molecular flexibility index (Phi) is 7.93. The maximum absolute atomic E-state index is 11.9. The summed E-state index contributed by atoms with van der Waals surface area (Å²) < 4.78 is 5.41. The van der Waals surface area contributed by atoms with Crippen molar-refractivity contribution < 1.29 is 14.3 Å². The molecule has 0 atom stereocenters. The molecule has 0 radical (unpaired) electrons. The number of hydrogen-bond acceptors (Lipinski definition) is 3. The van der Waals surface area contributed by atoms with E-state index in [1.165, 1.54) is 32.1 Å². The first-order chi connectivity index (χ1) is 12.1. The molecule has 0 unspecified atom stereocenters. The maximum atomic E-state index is 11.9. The van der Waals surface area contributed by atoms with Crippen LogP contribution in [0.3, 0.4) is 0 Å². The van der Waals surface area contributed by atoms with Crippen LogP contribution in [0, 0.1) is 0 Å². The normalized spacial score (nSPS) is 10.8. The first-order valence-corrected chi connectivity index (χ1v) is 9.42. The Morgan fingerprint density at radius 2 is 1.52 bits per heavy atom. The zero-order chi connectivity index (χ0) is 18.1. The highest BCUT2D eigenvalue weighted by Gasteiger charge is 2.07. The van der Waals surface area contributed by atoms with E-state index in [1.54, 1.807) is 30.3 Å². The molecule has 0 heterocycles. The van der Waals surface area contributed by atoms with Crippen LogP contribution in [0.1, 0.15) is 68.6 Å². The fourth-order valence-electron chi connectivity index (χ4n) is 2.82. The summed E-state index contributed by atoms with van der Waals surface area (Å²) >= 11 is 5.49. The third-order valence-corrected chi connectivity index (χ3v) is 4.47. The summed E-state index contributed by atoms with van der Waals surface area (Å²) in [5.74, 6) is 0.339. The molecule has 134 valence electrons. The highest BCUT2D eigenvalue weighted by atomic mass is 35.5. The molecule has 0 spiro atoms. The molecule has 3 nitrogen and oxygen atoms in total. The minimum atomic E-state index is -0.480. The van der Waals surface area contributed by atoms with Crippen molar-refractivity contribution in [2.24, 2.45) is 0 Å². The van der Waals surface area contributed by atoms with Gasteiger partial charge in [0, 0.05) is 12.0 Å². The number of esters is 1. The molecule has 0 bridgehead atoms. The van der Waals surface area contributed by atoms with E-state index >= 15 is 0 Å². The number of halogens is 1. The molecule has 0 aromatic heterocycles. The molecular formula is C21H25ClO3. The van der Waals surface area contributed by atoms with Gasteiger partial charge in [0.2, 0.25) is 0 Å². The lowest BCUT2D eigenvalue weighted by Crippen LogP contribution is -2.07. The molecule has 0 saturated carbocycles. The van der Waals surface area contributed by atoms with Crippen molar-refractivity contribution in [2.45, 2.75) is 58.3 Å². The molecule has 0 aliphatic heterocycles. The van der Waals surface area contributed by atoms with Gasteiger partial charge in [0.25, 0.3) is 5.24 Å². The second-order valence-corrected chi connectivity index (χ2v) is 6.69. The van der Waals surface area contributed by atoms with Gasteiger partial charge in [-0.1, -0.05) is 57.6 Å². The minimum absolute atomic E-state index is 0.194. The van der Waals surface area contributed by atoms with Gasteiger partial charge in [-0.25, -0.2) is 0 Å². The average molecular weight is 361 g/mol. The van der Waals surface area contributed by atoms with Crippen molar-refractivity contribution in [3.05, 3.63) is 42.0 Å². The third-order valence-electron chi connectivity index (χ3n) is 4.25. The molecule has 2 rings (SSSR count). The lowest BCUT2D eigenvalue weighted by Gasteiger charge is -2.06. The van der Waals surface area contributed by atoms with E-state index in [2.05, 4.69) is 6.92 Å². The van der Waals surface area contributed by atoms with Gasteiger partial charge >= 0.3 is 5.97 Å². The monoisotopic (exact) mass is 360 g/mol. The van der Waals surface area contributed by atoms with E-state index in [9.17, 15) is 9.59 Å². The van der Waals surface area contributed by atoms with Gasteiger partial charge in [-0.2, -0.15) is 0 Å². The van der Waals surface area contributed by atoms with Crippen molar-refractivity contribution in [3.8, 4) is 5.75 Å². The SMILES string of the molecule is CCCCCCCCCC(=O)Oc1ccc2cc(C(=O)Cl)ccc2c1. The Morgan fingerprint density at radius 1 is 0.880 bits per heavy atom. The lowest BCUT2D eigenvalue weighted by atomic mass is 10.1. The number of fused-ring (bicyclic) bond motifs is 1. The van der Waals surface area contributed by atoms with Crippen molar-refractivity contribution in [1.82, 2.24) is 0 Å². The fraction of sp³-hybridized carbons (Fsp3) is 0.429. The van der Waals surface area contributed by atoms with E-state index in [0.29, 0.717) is 17.7 Å². The molecule has 25 heavy (non-hydrogen) atoms. The molecule has 0 aliphatic carbocycles. The van der Waals surface area contributed by atoms with Crippen LogP contribution in [0.5, 0.6) is 5.75 Å². The average Bonchev–Trinajstić information content (AvgIpc) is 2.60. The van der Waals surface area contributed by atoms with Gasteiger partial charge in [0.15, 0.2) is 0 Å². The maximum Gasteiger partial charge on any atom is 0.311 e. The highest BCUT2D eigenvalue weighted by Crippen LogP contribution is 2.23. The largest absolute Gasteiger partial charge is 0.427 e. The third kappa shape index (κ3) is 6.50. The Labute approximate surface area is 154 Å². The molecule has 4 heteroatoms. The number of carbonyl (C=O) groups excluding carboxylic acids is 2. The standard InChI is InChI=1S/C21H25ClO3/c1-2-3-4-5-6-7-8-9-20(23)25-19-13-12-16-14-18(21(22)24)11-10-17(16)15-19/h10-15H,2-9H2,1H3. The van der Waals surface area contributed by atoms with Crippen LogP contribution < -0.4 is 4.74 Å². The van der Waals surface area contributed by atoms with E-state index in [0.717, 1.165) is 23.6 Å². The van der Waals surface area contributed by atoms with Crippen molar-refractivity contribution in [2.75, 3.05) is 0 Å². The Hall–Kier alpha value is -1.87. The van der Waals surface area contributed by atoms with Crippen LogP contribution in [0.2, 0.25) is 0 Å².